The first-order valence-corrected chi connectivity index (χ1v) is 3.61. The molecular weight excluding hydrogens is 158 g/mol. The van der Waals surface area contributed by atoms with Gasteiger partial charge in [-0.1, -0.05) is 4.98 Å². The van der Waals surface area contributed by atoms with E-state index in [0.717, 1.165) is 0 Å². The molecule has 0 aliphatic rings. The number of hydrogen-bond donors (Lipinski definition) is 0. The maximum atomic E-state index is 10.5. The van der Waals surface area contributed by atoms with E-state index in [-0.39, 0.29) is 11.5 Å². The third kappa shape index (κ3) is 1.44. The highest BCUT2D eigenvalue weighted by atomic mass is 16.6. The third-order valence-corrected chi connectivity index (χ3v) is 1.51. The summed E-state index contributed by atoms with van der Waals surface area (Å²) in [7, 11) is 0. The number of aromatic nitrogens is 2. The Morgan fingerprint density at radius 3 is 2.50 bits per heavy atom. The van der Waals surface area contributed by atoms with Gasteiger partial charge in [-0.05, 0) is 25.7 Å². The van der Waals surface area contributed by atoms with Crippen molar-refractivity contribution in [3.8, 4) is 0 Å². The van der Waals surface area contributed by atoms with E-state index in [0.29, 0.717) is 0 Å². The summed E-state index contributed by atoms with van der Waals surface area (Å²) in [4.78, 5) is 13.6. The predicted octanol–water partition coefficient (Wildman–Crippen LogP) is 1.55. The normalized spacial score (nSPS) is 11.6. The molecule has 1 aromatic heterocycles. The molecule has 0 radical (unpaired) electrons. The van der Waals surface area contributed by atoms with Crippen molar-refractivity contribution in [1.29, 1.82) is 0 Å². The fraction of sp³-hybridized carbons (Fsp3) is 0.571. The molecule has 5 nitrogen and oxygen atoms in total. The summed E-state index contributed by atoms with van der Waals surface area (Å²) in [5.41, 5.74) is -0.293. The van der Waals surface area contributed by atoms with E-state index >= 15 is 0 Å². The fourth-order valence-corrected chi connectivity index (χ4v) is 0.954. The van der Waals surface area contributed by atoms with Crippen molar-refractivity contribution >= 4 is 5.95 Å². The van der Waals surface area contributed by atoms with Crippen molar-refractivity contribution in [3.05, 3.63) is 22.5 Å². The van der Waals surface area contributed by atoms with Gasteiger partial charge in [0, 0.05) is 0 Å². The van der Waals surface area contributed by atoms with E-state index < -0.39 is 4.92 Å². The number of nitro groups is 1. The molecule has 0 spiro atoms. The monoisotopic (exact) mass is 169 g/mol. The van der Waals surface area contributed by atoms with Gasteiger partial charge < -0.3 is 10.1 Å². The van der Waals surface area contributed by atoms with E-state index in [1.165, 1.54) is 10.8 Å². The molecule has 1 rings (SSSR count). The van der Waals surface area contributed by atoms with E-state index in [4.69, 9.17) is 0 Å². The third-order valence-electron chi connectivity index (χ3n) is 1.51. The second kappa shape index (κ2) is 2.58. The quantitative estimate of drug-likeness (QED) is 0.473. The average Bonchev–Trinajstić information content (AvgIpc) is 2.30. The SMILES string of the molecule is CC(C)(C)n1ccnc1[N+](=O)[O-]. The lowest BCUT2D eigenvalue weighted by Gasteiger charge is -2.16. The first kappa shape index (κ1) is 8.70. The van der Waals surface area contributed by atoms with E-state index in [1.807, 2.05) is 20.8 Å². The molecule has 5 heteroatoms. The Bertz CT molecular complexity index is 298. The second-order valence-corrected chi connectivity index (χ2v) is 3.53. The van der Waals surface area contributed by atoms with Crippen molar-refractivity contribution in [2.75, 3.05) is 0 Å². The minimum atomic E-state index is -0.481. The molecule has 0 amide bonds. The van der Waals surface area contributed by atoms with Crippen LogP contribution in [0.25, 0.3) is 0 Å². The van der Waals surface area contributed by atoms with Crippen molar-refractivity contribution in [2.45, 2.75) is 26.3 Å². The zero-order chi connectivity index (χ0) is 9.35. The van der Waals surface area contributed by atoms with Crippen LogP contribution in [0.5, 0.6) is 0 Å². The average molecular weight is 169 g/mol. The van der Waals surface area contributed by atoms with E-state index in [2.05, 4.69) is 4.98 Å². The Hall–Kier alpha value is -1.39. The Kier molecular flexibility index (Phi) is 1.87. The van der Waals surface area contributed by atoms with Gasteiger partial charge in [0.05, 0.1) is 5.54 Å². The lowest BCUT2D eigenvalue weighted by Crippen LogP contribution is -2.22. The molecule has 1 heterocycles. The van der Waals surface area contributed by atoms with Crippen LogP contribution in [0.1, 0.15) is 20.8 Å². The van der Waals surface area contributed by atoms with Crippen LogP contribution < -0.4 is 0 Å². The molecule has 1 aromatic rings. The molecule has 0 atom stereocenters. The van der Waals surface area contributed by atoms with Crippen molar-refractivity contribution < 1.29 is 4.92 Å². The number of rotatable bonds is 1. The van der Waals surface area contributed by atoms with Crippen LogP contribution in [0.3, 0.4) is 0 Å². The number of nitrogens with zero attached hydrogens (tertiary/aromatic N) is 3. The second-order valence-electron chi connectivity index (χ2n) is 3.53. The largest absolute Gasteiger partial charge is 0.434 e. The van der Waals surface area contributed by atoms with Crippen LogP contribution in [0.15, 0.2) is 12.4 Å². The summed E-state index contributed by atoms with van der Waals surface area (Å²) < 4.78 is 1.53. The molecule has 0 aliphatic heterocycles. The van der Waals surface area contributed by atoms with Gasteiger partial charge in [0.15, 0.2) is 0 Å². The highest BCUT2D eigenvalue weighted by Gasteiger charge is 2.24. The fourth-order valence-electron chi connectivity index (χ4n) is 0.954. The minimum Gasteiger partial charge on any atom is -0.390 e. The van der Waals surface area contributed by atoms with Gasteiger partial charge in [0.1, 0.15) is 12.4 Å². The first-order chi connectivity index (χ1) is 5.43. The van der Waals surface area contributed by atoms with Gasteiger partial charge >= 0.3 is 5.95 Å². The first-order valence-electron chi connectivity index (χ1n) is 3.61. The number of hydrogen-bond acceptors (Lipinski definition) is 3. The lowest BCUT2D eigenvalue weighted by molar-refractivity contribution is -0.397. The van der Waals surface area contributed by atoms with Crippen LogP contribution in [-0.2, 0) is 5.54 Å². The smallest absolute Gasteiger partial charge is 0.390 e. The van der Waals surface area contributed by atoms with Gasteiger partial charge in [-0.25, -0.2) is 4.57 Å². The minimum absolute atomic E-state index is 0.109. The van der Waals surface area contributed by atoms with Gasteiger partial charge in [0.2, 0.25) is 0 Å². The molecular formula is C7H11N3O2. The molecule has 0 saturated carbocycles. The topological polar surface area (TPSA) is 61.0 Å². The molecule has 0 fully saturated rings. The van der Waals surface area contributed by atoms with E-state index in [9.17, 15) is 10.1 Å². The van der Waals surface area contributed by atoms with Crippen LogP contribution in [0.4, 0.5) is 5.95 Å². The molecule has 0 N–H and O–H groups in total. The van der Waals surface area contributed by atoms with Crippen molar-refractivity contribution in [1.82, 2.24) is 9.55 Å². The summed E-state index contributed by atoms with van der Waals surface area (Å²) in [5.74, 6) is -0.109. The highest BCUT2D eigenvalue weighted by molar-refractivity contribution is 5.09. The maximum Gasteiger partial charge on any atom is 0.434 e. The summed E-state index contributed by atoms with van der Waals surface area (Å²) in [5, 5.41) is 10.5. The molecule has 66 valence electrons. The predicted molar refractivity (Wildman–Crippen MR) is 43.9 cm³/mol. The van der Waals surface area contributed by atoms with Gasteiger partial charge in [-0.3, -0.25) is 0 Å². The Morgan fingerprint density at radius 2 is 2.17 bits per heavy atom. The number of imidazole rings is 1. The molecule has 0 saturated heterocycles. The van der Waals surface area contributed by atoms with E-state index in [1.54, 1.807) is 6.20 Å². The summed E-state index contributed by atoms with van der Waals surface area (Å²) in [6, 6.07) is 0. The van der Waals surface area contributed by atoms with Crippen LogP contribution in [-0.4, -0.2) is 14.5 Å². The highest BCUT2D eigenvalue weighted by Crippen LogP contribution is 2.20. The van der Waals surface area contributed by atoms with Gasteiger partial charge in [-0.15, -0.1) is 0 Å². The lowest BCUT2D eigenvalue weighted by atomic mass is 10.1. The molecule has 0 bridgehead atoms. The van der Waals surface area contributed by atoms with Crippen LogP contribution in [0.2, 0.25) is 0 Å². The van der Waals surface area contributed by atoms with Crippen molar-refractivity contribution in [2.24, 2.45) is 0 Å². The van der Waals surface area contributed by atoms with Crippen LogP contribution >= 0.6 is 0 Å². The molecule has 0 aromatic carbocycles. The molecule has 0 aliphatic carbocycles. The standard InChI is InChI=1S/C7H11N3O2/c1-7(2,3)9-5-4-8-6(9)10(11)12/h4-5H,1-3H3. The summed E-state index contributed by atoms with van der Waals surface area (Å²) >= 11 is 0. The Labute approximate surface area is 70.2 Å². The zero-order valence-electron chi connectivity index (χ0n) is 7.31. The van der Waals surface area contributed by atoms with Gasteiger partial charge in [-0.2, -0.15) is 0 Å². The van der Waals surface area contributed by atoms with Crippen LogP contribution in [0, 0.1) is 10.1 Å². The summed E-state index contributed by atoms with van der Waals surface area (Å²) in [6.07, 6.45) is 3.04. The van der Waals surface area contributed by atoms with Crippen molar-refractivity contribution in [3.63, 3.8) is 0 Å². The van der Waals surface area contributed by atoms with Gasteiger partial charge in [0.25, 0.3) is 0 Å². The Morgan fingerprint density at radius 1 is 1.58 bits per heavy atom. The Balaban J connectivity index is 3.17. The zero-order valence-corrected chi connectivity index (χ0v) is 7.31. The molecule has 12 heavy (non-hydrogen) atoms. The summed E-state index contributed by atoms with van der Waals surface area (Å²) in [6.45, 7) is 5.67. The maximum absolute atomic E-state index is 10.5. The molecule has 0 unspecified atom stereocenters.